The minimum atomic E-state index is -0.275. The summed E-state index contributed by atoms with van der Waals surface area (Å²) in [6.45, 7) is 3.98. The van der Waals surface area contributed by atoms with Crippen LogP contribution in [0.3, 0.4) is 0 Å². The first-order valence-electron chi connectivity index (χ1n) is 6.58. The molecule has 0 fully saturated rings. The number of fused-ring (bicyclic) bond motifs is 3. The fourth-order valence-electron chi connectivity index (χ4n) is 2.21. The molecule has 2 N–H and O–H groups in total. The number of hydrogen-bond acceptors (Lipinski definition) is 3. The molecule has 0 saturated heterocycles. The monoisotopic (exact) mass is 278 g/mol. The third-order valence-electron chi connectivity index (χ3n) is 3.12. The highest BCUT2D eigenvalue weighted by atomic mass is 16.2. The third-order valence-corrected chi connectivity index (χ3v) is 3.12. The number of aromatic nitrogens is 2. The fraction of sp³-hybridized carbons (Fsp3) is 0.0625. The Kier molecular flexibility index (Phi) is 3.47. The molecule has 1 aromatic carbocycles. The van der Waals surface area contributed by atoms with Crippen molar-refractivity contribution in [2.45, 2.75) is 0 Å². The van der Waals surface area contributed by atoms with Gasteiger partial charge in [0, 0.05) is 29.7 Å². The Hall–Kier alpha value is -2.95. The van der Waals surface area contributed by atoms with E-state index in [0.717, 1.165) is 21.8 Å². The van der Waals surface area contributed by atoms with Crippen molar-refractivity contribution in [3.05, 3.63) is 55.4 Å². The molecule has 0 radical (unpaired) electrons. The zero-order valence-electron chi connectivity index (χ0n) is 11.3. The van der Waals surface area contributed by atoms with E-state index >= 15 is 0 Å². The molecule has 2 amide bonds. The average Bonchev–Trinajstić information content (AvgIpc) is 2.53. The molecular formula is C16H14N4O. The van der Waals surface area contributed by atoms with E-state index in [9.17, 15) is 4.79 Å². The van der Waals surface area contributed by atoms with Crippen LogP contribution in [-0.4, -0.2) is 22.5 Å². The summed E-state index contributed by atoms with van der Waals surface area (Å²) in [6.07, 6.45) is 5.09. The Balaban J connectivity index is 2.11. The summed E-state index contributed by atoms with van der Waals surface area (Å²) in [5.74, 6) is 0. The minimum absolute atomic E-state index is 0.275. The van der Waals surface area contributed by atoms with Gasteiger partial charge in [0.05, 0.1) is 16.7 Å². The van der Waals surface area contributed by atoms with Crippen LogP contribution in [0.25, 0.3) is 21.8 Å². The van der Waals surface area contributed by atoms with Gasteiger partial charge in [-0.3, -0.25) is 9.97 Å². The second-order valence-corrected chi connectivity index (χ2v) is 4.52. The van der Waals surface area contributed by atoms with Gasteiger partial charge < -0.3 is 10.6 Å². The second-order valence-electron chi connectivity index (χ2n) is 4.52. The van der Waals surface area contributed by atoms with Gasteiger partial charge in [-0.1, -0.05) is 12.1 Å². The quantitative estimate of drug-likeness (QED) is 0.571. The van der Waals surface area contributed by atoms with Gasteiger partial charge >= 0.3 is 6.03 Å². The summed E-state index contributed by atoms with van der Waals surface area (Å²) in [7, 11) is 0. The van der Waals surface area contributed by atoms with Gasteiger partial charge in [0.15, 0.2) is 0 Å². The normalized spacial score (nSPS) is 10.5. The molecule has 0 aliphatic heterocycles. The molecule has 2 heterocycles. The first kappa shape index (κ1) is 13.1. The SMILES string of the molecule is C=CCNC(=O)Nc1cc2cccnc2c2ncccc12. The predicted molar refractivity (Wildman–Crippen MR) is 84.3 cm³/mol. The number of benzene rings is 1. The summed E-state index contributed by atoms with van der Waals surface area (Å²) < 4.78 is 0. The molecule has 5 nitrogen and oxygen atoms in total. The van der Waals surface area contributed by atoms with Crippen LogP contribution in [0.2, 0.25) is 0 Å². The summed E-state index contributed by atoms with van der Waals surface area (Å²) in [4.78, 5) is 20.6. The molecule has 0 saturated carbocycles. The molecule has 0 bridgehead atoms. The van der Waals surface area contributed by atoms with Gasteiger partial charge in [-0.05, 0) is 24.3 Å². The molecule has 0 spiro atoms. The van der Waals surface area contributed by atoms with Crippen LogP contribution in [-0.2, 0) is 0 Å². The van der Waals surface area contributed by atoms with E-state index in [1.807, 2.05) is 30.3 Å². The summed E-state index contributed by atoms with van der Waals surface area (Å²) in [5, 5.41) is 7.33. The average molecular weight is 278 g/mol. The van der Waals surface area contributed by atoms with Crippen LogP contribution >= 0.6 is 0 Å². The molecule has 104 valence electrons. The second kappa shape index (κ2) is 5.58. The van der Waals surface area contributed by atoms with E-state index in [1.165, 1.54) is 0 Å². The number of hydrogen-bond donors (Lipinski definition) is 2. The van der Waals surface area contributed by atoms with Crippen LogP contribution in [0, 0.1) is 0 Å². The van der Waals surface area contributed by atoms with E-state index in [0.29, 0.717) is 12.2 Å². The van der Waals surface area contributed by atoms with Crippen molar-refractivity contribution in [3.8, 4) is 0 Å². The van der Waals surface area contributed by atoms with Crippen LogP contribution in [0.1, 0.15) is 0 Å². The van der Waals surface area contributed by atoms with Gasteiger partial charge in [-0.15, -0.1) is 6.58 Å². The number of nitrogens with one attached hydrogen (secondary N) is 2. The molecule has 2 aromatic heterocycles. The van der Waals surface area contributed by atoms with Gasteiger partial charge in [0.2, 0.25) is 0 Å². The van der Waals surface area contributed by atoms with Crippen LogP contribution in [0.5, 0.6) is 0 Å². The van der Waals surface area contributed by atoms with Crippen molar-refractivity contribution in [3.63, 3.8) is 0 Å². The smallest absolute Gasteiger partial charge is 0.319 e. The van der Waals surface area contributed by atoms with Crippen molar-refractivity contribution in [2.24, 2.45) is 0 Å². The van der Waals surface area contributed by atoms with E-state index < -0.39 is 0 Å². The van der Waals surface area contributed by atoms with Crippen LogP contribution in [0.4, 0.5) is 10.5 Å². The number of carbonyl (C=O) groups excluding carboxylic acids is 1. The number of nitrogens with zero attached hydrogens (tertiary/aromatic N) is 2. The van der Waals surface area contributed by atoms with Gasteiger partial charge in [0.25, 0.3) is 0 Å². The van der Waals surface area contributed by atoms with Crippen molar-refractivity contribution >= 4 is 33.5 Å². The summed E-state index contributed by atoms with van der Waals surface area (Å²) >= 11 is 0. The topological polar surface area (TPSA) is 66.9 Å². The Morgan fingerprint density at radius 2 is 1.95 bits per heavy atom. The largest absolute Gasteiger partial charge is 0.334 e. The predicted octanol–water partition coefficient (Wildman–Crippen LogP) is 3.09. The van der Waals surface area contributed by atoms with Crippen molar-refractivity contribution in [1.29, 1.82) is 0 Å². The fourth-order valence-corrected chi connectivity index (χ4v) is 2.21. The number of amides is 2. The number of urea groups is 1. The van der Waals surface area contributed by atoms with E-state index in [2.05, 4.69) is 27.2 Å². The van der Waals surface area contributed by atoms with Gasteiger partial charge in [-0.2, -0.15) is 0 Å². The Labute approximate surface area is 121 Å². The Morgan fingerprint density at radius 1 is 1.19 bits per heavy atom. The maximum Gasteiger partial charge on any atom is 0.319 e. The molecular weight excluding hydrogens is 264 g/mol. The van der Waals surface area contributed by atoms with Crippen molar-refractivity contribution in [2.75, 3.05) is 11.9 Å². The lowest BCUT2D eigenvalue weighted by Gasteiger charge is -2.11. The highest BCUT2D eigenvalue weighted by molar-refractivity contribution is 6.11. The standard InChI is InChI=1S/C16H14N4O/c1-2-7-19-16(21)20-13-10-11-5-3-8-17-14(11)15-12(13)6-4-9-18-15/h2-6,8-10H,1,7H2,(H2,19,20,21). The third kappa shape index (κ3) is 2.53. The molecule has 3 rings (SSSR count). The minimum Gasteiger partial charge on any atom is -0.334 e. The maximum atomic E-state index is 11.8. The highest BCUT2D eigenvalue weighted by Gasteiger charge is 2.10. The zero-order valence-corrected chi connectivity index (χ0v) is 11.3. The van der Waals surface area contributed by atoms with Gasteiger partial charge in [0.1, 0.15) is 0 Å². The zero-order chi connectivity index (χ0) is 14.7. The number of anilines is 1. The maximum absolute atomic E-state index is 11.8. The molecule has 21 heavy (non-hydrogen) atoms. The molecule has 3 aromatic rings. The highest BCUT2D eigenvalue weighted by Crippen LogP contribution is 2.29. The van der Waals surface area contributed by atoms with E-state index in [-0.39, 0.29) is 6.03 Å². The number of rotatable bonds is 3. The lowest BCUT2D eigenvalue weighted by molar-refractivity contribution is 0.253. The first-order valence-corrected chi connectivity index (χ1v) is 6.58. The van der Waals surface area contributed by atoms with Crippen LogP contribution in [0.15, 0.2) is 55.4 Å². The molecule has 0 aliphatic rings. The number of pyridine rings is 2. The van der Waals surface area contributed by atoms with Crippen molar-refractivity contribution < 1.29 is 4.79 Å². The molecule has 0 aliphatic carbocycles. The first-order chi connectivity index (χ1) is 10.3. The van der Waals surface area contributed by atoms with E-state index in [4.69, 9.17) is 0 Å². The Bertz CT molecular complexity index is 829. The number of carbonyl (C=O) groups is 1. The summed E-state index contributed by atoms with van der Waals surface area (Å²) in [5.41, 5.74) is 2.31. The molecule has 0 unspecified atom stereocenters. The van der Waals surface area contributed by atoms with Gasteiger partial charge in [-0.25, -0.2) is 4.79 Å². The van der Waals surface area contributed by atoms with Crippen molar-refractivity contribution in [1.82, 2.24) is 15.3 Å². The molecule has 0 atom stereocenters. The van der Waals surface area contributed by atoms with E-state index in [1.54, 1.807) is 18.5 Å². The lowest BCUT2D eigenvalue weighted by atomic mass is 10.1. The van der Waals surface area contributed by atoms with Crippen LogP contribution < -0.4 is 10.6 Å². The Morgan fingerprint density at radius 3 is 2.76 bits per heavy atom. The molecule has 5 heteroatoms. The summed E-state index contributed by atoms with van der Waals surface area (Å²) in [6, 6.07) is 9.19. The lowest BCUT2D eigenvalue weighted by Crippen LogP contribution is -2.28.